The van der Waals surface area contributed by atoms with E-state index in [0.717, 1.165) is 27.3 Å². The zero-order valence-corrected chi connectivity index (χ0v) is 22.0. The topological polar surface area (TPSA) is 13.1 Å². The molecule has 0 fully saturated rings. The molecule has 1 nitrogen and oxygen atoms in total. The number of hydrogen-bond donors (Lipinski definition) is 0. The van der Waals surface area contributed by atoms with Crippen LogP contribution in [0.4, 0.5) is 0 Å². The van der Waals surface area contributed by atoms with Gasteiger partial charge in [-0.25, -0.2) is 0 Å². The lowest BCUT2D eigenvalue weighted by Gasteiger charge is -2.18. The highest BCUT2D eigenvalue weighted by atomic mass is 16.3. The fourth-order valence-corrected chi connectivity index (χ4v) is 6.62. The molecule has 0 atom stereocenters. The SMILES string of the molecule is [2H]c1c([2H])c([2H])c2c(ccc3oc4ccc(-c5c6ccccc6c(-c6cccc7ccccc67)c6ccccc56)cc4c32)c1[2H]. The summed E-state index contributed by atoms with van der Waals surface area (Å²) in [5.41, 5.74) is 5.81. The first-order valence-corrected chi connectivity index (χ1v) is 13.8. The van der Waals surface area contributed by atoms with Crippen LogP contribution < -0.4 is 0 Å². The Morgan fingerprint density at radius 2 is 1.07 bits per heavy atom. The number of fused-ring (bicyclic) bond motifs is 8. The summed E-state index contributed by atoms with van der Waals surface area (Å²) in [6.07, 6.45) is 0. The van der Waals surface area contributed by atoms with Crippen LogP contribution in [0.2, 0.25) is 0 Å². The summed E-state index contributed by atoms with van der Waals surface area (Å²) >= 11 is 0. The molecule has 9 aromatic rings. The Balaban J connectivity index is 1.41. The van der Waals surface area contributed by atoms with Gasteiger partial charge in [0.25, 0.3) is 0 Å². The Labute approximate surface area is 242 Å². The molecule has 1 aromatic heterocycles. The van der Waals surface area contributed by atoms with Crippen molar-refractivity contribution in [2.24, 2.45) is 0 Å². The van der Waals surface area contributed by atoms with Crippen molar-refractivity contribution in [3.8, 4) is 22.3 Å². The van der Waals surface area contributed by atoms with Gasteiger partial charge in [0.05, 0.1) is 5.48 Å². The van der Waals surface area contributed by atoms with Crippen molar-refractivity contribution in [1.82, 2.24) is 0 Å². The molecule has 0 saturated heterocycles. The normalized spacial score (nSPS) is 13.3. The average Bonchev–Trinajstić information content (AvgIpc) is 3.46. The molecule has 1 heterocycles. The molecule has 9 rings (SSSR count). The number of furan rings is 1. The second-order valence-corrected chi connectivity index (χ2v) is 10.5. The number of hydrogen-bond acceptors (Lipinski definition) is 1. The van der Waals surface area contributed by atoms with E-state index in [1.165, 1.54) is 32.7 Å². The lowest BCUT2D eigenvalue weighted by atomic mass is 9.84. The fraction of sp³-hybridized carbons (Fsp3) is 0. The minimum Gasteiger partial charge on any atom is -0.456 e. The first-order valence-electron chi connectivity index (χ1n) is 15.8. The van der Waals surface area contributed by atoms with Crippen molar-refractivity contribution in [2.75, 3.05) is 0 Å². The average molecular weight is 525 g/mol. The molecule has 0 N–H and O–H groups in total. The third kappa shape index (κ3) is 3.24. The van der Waals surface area contributed by atoms with E-state index in [9.17, 15) is 0 Å². The molecular weight excluding hydrogens is 496 g/mol. The maximum absolute atomic E-state index is 8.79. The zero-order valence-electron chi connectivity index (χ0n) is 26.0. The molecule has 41 heavy (non-hydrogen) atoms. The van der Waals surface area contributed by atoms with Crippen molar-refractivity contribution in [1.29, 1.82) is 0 Å². The molecule has 0 saturated carbocycles. The predicted octanol–water partition coefficient (Wildman–Crippen LogP) is 11.5. The largest absolute Gasteiger partial charge is 0.456 e. The Bertz CT molecular complexity index is 2640. The van der Waals surface area contributed by atoms with E-state index in [-0.39, 0.29) is 24.2 Å². The molecule has 0 aliphatic carbocycles. The molecule has 0 spiro atoms. The molecule has 0 unspecified atom stereocenters. The van der Waals surface area contributed by atoms with E-state index < -0.39 is 0 Å². The summed E-state index contributed by atoms with van der Waals surface area (Å²) in [5.74, 6) is 0. The zero-order chi connectivity index (χ0) is 30.4. The molecule has 0 aliphatic heterocycles. The minimum atomic E-state index is -0.244. The number of rotatable bonds is 2. The van der Waals surface area contributed by atoms with Gasteiger partial charge in [-0.1, -0.05) is 127 Å². The summed E-state index contributed by atoms with van der Waals surface area (Å²) in [7, 11) is 0. The van der Waals surface area contributed by atoms with Crippen LogP contribution in [0.15, 0.2) is 150 Å². The van der Waals surface area contributed by atoms with Gasteiger partial charge in [-0.05, 0) is 83.5 Å². The molecule has 190 valence electrons. The van der Waals surface area contributed by atoms with Crippen molar-refractivity contribution in [3.63, 3.8) is 0 Å². The Hall–Kier alpha value is -5.40. The van der Waals surface area contributed by atoms with Crippen molar-refractivity contribution in [3.05, 3.63) is 145 Å². The first-order chi connectivity index (χ1) is 22.0. The maximum Gasteiger partial charge on any atom is 0.136 e. The third-order valence-corrected chi connectivity index (χ3v) is 8.36. The molecule has 8 aromatic carbocycles. The lowest BCUT2D eigenvalue weighted by Crippen LogP contribution is -1.91. The Kier molecular flexibility index (Phi) is 3.92. The predicted molar refractivity (Wildman–Crippen MR) is 175 cm³/mol. The maximum atomic E-state index is 8.79. The number of benzene rings is 8. The van der Waals surface area contributed by atoms with Gasteiger partial charge in [0.1, 0.15) is 11.2 Å². The van der Waals surface area contributed by atoms with E-state index in [1.54, 1.807) is 6.07 Å². The summed E-state index contributed by atoms with van der Waals surface area (Å²) in [6.45, 7) is 0. The van der Waals surface area contributed by atoms with Crippen molar-refractivity contribution < 1.29 is 9.90 Å². The summed E-state index contributed by atoms with van der Waals surface area (Å²) in [5, 5.41) is 9.52. The van der Waals surface area contributed by atoms with E-state index in [2.05, 4.69) is 103 Å². The van der Waals surface area contributed by atoms with Gasteiger partial charge >= 0.3 is 0 Å². The highest BCUT2D eigenvalue weighted by Gasteiger charge is 2.19. The van der Waals surface area contributed by atoms with E-state index in [1.807, 2.05) is 12.1 Å². The van der Waals surface area contributed by atoms with Crippen LogP contribution >= 0.6 is 0 Å². The van der Waals surface area contributed by atoms with Gasteiger partial charge in [0, 0.05) is 10.8 Å². The molecule has 1 heteroatoms. The van der Waals surface area contributed by atoms with E-state index in [0.29, 0.717) is 27.3 Å². The van der Waals surface area contributed by atoms with Gasteiger partial charge in [-0.2, -0.15) is 0 Å². The molecular formula is C40H24O. The van der Waals surface area contributed by atoms with Gasteiger partial charge in [0.15, 0.2) is 0 Å². The first kappa shape index (κ1) is 18.8. The highest BCUT2D eigenvalue weighted by Crippen LogP contribution is 2.46. The highest BCUT2D eigenvalue weighted by molar-refractivity contribution is 6.25. The third-order valence-electron chi connectivity index (χ3n) is 8.36. The second-order valence-electron chi connectivity index (χ2n) is 10.5. The van der Waals surface area contributed by atoms with Crippen LogP contribution in [0, 0.1) is 0 Å². The van der Waals surface area contributed by atoms with Crippen LogP contribution in [-0.4, -0.2) is 0 Å². The van der Waals surface area contributed by atoms with Gasteiger partial charge < -0.3 is 4.42 Å². The minimum absolute atomic E-state index is 0.0422. The Morgan fingerprint density at radius 1 is 0.439 bits per heavy atom. The summed E-state index contributed by atoms with van der Waals surface area (Å²) in [6, 6.07) is 41.3. The monoisotopic (exact) mass is 524 g/mol. The molecule has 0 aliphatic rings. The van der Waals surface area contributed by atoms with Crippen LogP contribution in [0.5, 0.6) is 0 Å². The molecule has 0 radical (unpaired) electrons. The summed E-state index contributed by atoms with van der Waals surface area (Å²) < 4.78 is 40.2. The lowest BCUT2D eigenvalue weighted by molar-refractivity contribution is 0.669. The van der Waals surface area contributed by atoms with Gasteiger partial charge in [0.2, 0.25) is 0 Å². The van der Waals surface area contributed by atoms with Crippen LogP contribution in [0.25, 0.3) is 87.3 Å². The van der Waals surface area contributed by atoms with E-state index >= 15 is 0 Å². The fourth-order valence-electron chi connectivity index (χ4n) is 6.62. The van der Waals surface area contributed by atoms with Crippen LogP contribution in [-0.2, 0) is 0 Å². The van der Waals surface area contributed by atoms with Crippen LogP contribution in [0.3, 0.4) is 0 Å². The standard InChI is InChI=1S/C40H24O/c1-3-13-28-25(10-1)12-9-19-30(28)39-33-17-7-5-15-31(33)38(32-16-6-8-18-34(32)39)27-21-22-36-35(24-27)40-29-14-4-2-11-26(29)20-23-37(40)41-36/h1-24H/i2D,4D,11D,14D. The quantitative estimate of drug-likeness (QED) is 0.205. The van der Waals surface area contributed by atoms with E-state index in [4.69, 9.17) is 9.90 Å². The van der Waals surface area contributed by atoms with Crippen molar-refractivity contribution >= 4 is 65.0 Å². The molecule has 0 bridgehead atoms. The Morgan fingerprint density at radius 3 is 1.85 bits per heavy atom. The van der Waals surface area contributed by atoms with Crippen molar-refractivity contribution in [2.45, 2.75) is 0 Å². The van der Waals surface area contributed by atoms with Crippen LogP contribution in [0.1, 0.15) is 5.48 Å². The smallest absolute Gasteiger partial charge is 0.136 e. The van der Waals surface area contributed by atoms with Gasteiger partial charge in [-0.3, -0.25) is 0 Å². The van der Waals surface area contributed by atoms with Gasteiger partial charge in [-0.15, -0.1) is 0 Å². The summed E-state index contributed by atoms with van der Waals surface area (Å²) in [4.78, 5) is 0. The second kappa shape index (κ2) is 8.55. The molecule has 0 amide bonds.